The van der Waals surface area contributed by atoms with Crippen LogP contribution in [0, 0.1) is 0 Å². The Bertz CT molecular complexity index is 650. The number of thiazole rings is 1. The van der Waals surface area contributed by atoms with Gasteiger partial charge in [0.05, 0.1) is 29.6 Å². The first kappa shape index (κ1) is 12.7. The molecular formula is C15H14N4S. The zero-order valence-corrected chi connectivity index (χ0v) is 11.8. The molecule has 100 valence electrons. The topological polar surface area (TPSA) is 50.7 Å². The lowest BCUT2D eigenvalue weighted by atomic mass is 10.2. The van der Waals surface area contributed by atoms with E-state index in [0.717, 1.165) is 17.1 Å². The smallest absolute Gasteiger partial charge is 0.159 e. The highest BCUT2D eigenvalue weighted by molar-refractivity contribution is 7.09. The highest BCUT2D eigenvalue weighted by Crippen LogP contribution is 2.22. The molecular weight excluding hydrogens is 268 g/mol. The third kappa shape index (κ3) is 2.83. The Morgan fingerprint density at radius 1 is 1.05 bits per heavy atom. The molecule has 2 heterocycles. The lowest BCUT2D eigenvalue weighted by Crippen LogP contribution is -2.05. The van der Waals surface area contributed by atoms with E-state index >= 15 is 0 Å². The van der Waals surface area contributed by atoms with Gasteiger partial charge in [-0.05, 0) is 6.92 Å². The van der Waals surface area contributed by atoms with Crippen LogP contribution in [0.4, 0.5) is 5.69 Å². The van der Waals surface area contributed by atoms with Crippen molar-refractivity contribution in [1.82, 2.24) is 15.0 Å². The molecule has 1 N–H and O–H groups in total. The van der Waals surface area contributed by atoms with Crippen molar-refractivity contribution in [2.45, 2.75) is 13.0 Å². The second-order valence-corrected chi connectivity index (χ2v) is 5.35. The molecule has 0 aliphatic carbocycles. The summed E-state index contributed by atoms with van der Waals surface area (Å²) in [6.07, 6.45) is 5.50. The fraction of sp³-hybridized carbons (Fsp3) is 0.133. The van der Waals surface area contributed by atoms with Crippen molar-refractivity contribution in [2.75, 3.05) is 5.32 Å². The van der Waals surface area contributed by atoms with Gasteiger partial charge >= 0.3 is 0 Å². The summed E-state index contributed by atoms with van der Waals surface area (Å²) in [5.41, 5.74) is 3.77. The predicted molar refractivity (Wildman–Crippen MR) is 81.6 cm³/mol. The Hall–Kier alpha value is -2.27. The lowest BCUT2D eigenvalue weighted by Gasteiger charge is -2.12. The van der Waals surface area contributed by atoms with Crippen molar-refractivity contribution in [2.24, 2.45) is 0 Å². The molecule has 1 atom stereocenters. The van der Waals surface area contributed by atoms with Gasteiger partial charge in [0.2, 0.25) is 0 Å². The fourth-order valence-corrected chi connectivity index (χ4v) is 2.53. The normalized spacial score (nSPS) is 12.1. The Labute approximate surface area is 121 Å². The molecule has 0 aliphatic heterocycles. The molecule has 4 nitrogen and oxygen atoms in total. The van der Waals surface area contributed by atoms with Crippen LogP contribution >= 0.6 is 11.3 Å². The fourth-order valence-electron chi connectivity index (χ4n) is 1.90. The molecule has 1 unspecified atom stereocenters. The first-order valence-electron chi connectivity index (χ1n) is 6.35. The van der Waals surface area contributed by atoms with E-state index in [4.69, 9.17) is 0 Å². The van der Waals surface area contributed by atoms with Crippen LogP contribution in [0.5, 0.6) is 0 Å². The van der Waals surface area contributed by atoms with Crippen LogP contribution in [-0.2, 0) is 0 Å². The average Bonchev–Trinajstić information content (AvgIpc) is 3.03. The van der Waals surface area contributed by atoms with Gasteiger partial charge in [-0.25, -0.2) is 9.97 Å². The number of hydrogen-bond acceptors (Lipinski definition) is 5. The molecule has 0 fully saturated rings. The molecule has 1 aromatic carbocycles. The lowest BCUT2D eigenvalue weighted by molar-refractivity contribution is 0.898. The SMILES string of the molecule is CC(Nc1cnc(-c2ccccc2)nc1)c1cncs1. The van der Waals surface area contributed by atoms with E-state index in [9.17, 15) is 0 Å². The second kappa shape index (κ2) is 5.79. The summed E-state index contributed by atoms with van der Waals surface area (Å²) >= 11 is 1.64. The van der Waals surface area contributed by atoms with Crippen LogP contribution in [0.3, 0.4) is 0 Å². The maximum Gasteiger partial charge on any atom is 0.159 e. The highest BCUT2D eigenvalue weighted by atomic mass is 32.1. The summed E-state index contributed by atoms with van der Waals surface area (Å²) < 4.78 is 0. The summed E-state index contributed by atoms with van der Waals surface area (Å²) in [5, 5.41) is 3.37. The van der Waals surface area contributed by atoms with Crippen molar-refractivity contribution < 1.29 is 0 Å². The van der Waals surface area contributed by atoms with Gasteiger partial charge < -0.3 is 5.32 Å². The van der Waals surface area contributed by atoms with Crippen LogP contribution in [-0.4, -0.2) is 15.0 Å². The summed E-state index contributed by atoms with van der Waals surface area (Å²) in [6.45, 7) is 2.10. The molecule has 0 aliphatic rings. The molecule has 0 saturated heterocycles. The number of hydrogen-bond donors (Lipinski definition) is 1. The number of benzene rings is 1. The third-order valence-electron chi connectivity index (χ3n) is 2.95. The Kier molecular flexibility index (Phi) is 3.69. The van der Waals surface area contributed by atoms with Crippen LogP contribution in [0.2, 0.25) is 0 Å². The Morgan fingerprint density at radius 2 is 1.80 bits per heavy atom. The van der Waals surface area contributed by atoms with Gasteiger partial charge in [-0.15, -0.1) is 11.3 Å². The van der Waals surface area contributed by atoms with E-state index in [1.54, 1.807) is 11.3 Å². The van der Waals surface area contributed by atoms with E-state index in [0.29, 0.717) is 0 Å². The summed E-state index contributed by atoms with van der Waals surface area (Å²) in [7, 11) is 0. The van der Waals surface area contributed by atoms with Gasteiger partial charge in [0.15, 0.2) is 5.82 Å². The minimum atomic E-state index is 0.202. The van der Waals surface area contributed by atoms with Gasteiger partial charge in [0, 0.05) is 16.6 Å². The molecule has 3 rings (SSSR count). The predicted octanol–water partition coefficient (Wildman–Crippen LogP) is 3.77. The zero-order chi connectivity index (χ0) is 13.8. The standard InChI is InChI=1S/C15H14N4S/c1-11(14-9-16-10-20-14)19-13-7-17-15(18-8-13)12-5-3-2-4-6-12/h2-11,19H,1H3. The molecule has 20 heavy (non-hydrogen) atoms. The van der Waals surface area contributed by atoms with Gasteiger partial charge in [0.1, 0.15) is 0 Å². The maximum absolute atomic E-state index is 4.40. The molecule has 0 spiro atoms. The van der Waals surface area contributed by atoms with Gasteiger partial charge in [-0.1, -0.05) is 30.3 Å². The highest BCUT2D eigenvalue weighted by Gasteiger charge is 2.07. The molecule has 2 aromatic heterocycles. The maximum atomic E-state index is 4.40. The van der Waals surface area contributed by atoms with Crippen LogP contribution in [0.15, 0.2) is 54.4 Å². The molecule has 0 saturated carbocycles. The Morgan fingerprint density at radius 3 is 2.45 bits per heavy atom. The number of rotatable bonds is 4. The number of aromatic nitrogens is 3. The van der Waals surface area contributed by atoms with Crippen LogP contribution < -0.4 is 5.32 Å². The van der Waals surface area contributed by atoms with E-state index in [-0.39, 0.29) is 6.04 Å². The zero-order valence-electron chi connectivity index (χ0n) is 11.0. The minimum absolute atomic E-state index is 0.202. The largest absolute Gasteiger partial charge is 0.375 e. The van der Waals surface area contributed by atoms with Crippen molar-refractivity contribution in [1.29, 1.82) is 0 Å². The monoisotopic (exact) mass is 282 g/mol. The second-order valence-electron chi connectivity index (χ2n) is 4.43. The molecule has 5 heteroatoms. The van der Waals surface area contributed by atoms with E-state index in [2.05, 4.69) is 27.2 Å². The Balaban J connectivity index is 1.74. The van der Waals surface area contributed by atoms with Crippen molar-refractivity contribution in [3.8, 4) is 11.4 Å². The van der Waals surface area contributed by atoms with Gasteiger partial charge in [-0.3, -0.25) is 4.98 Å². The quantitative estimate of drug-likeness (QED) is 0.791. The summed E-state index contributed by atoms with van der Waals surface area (Å²) in [5.74, 6) is 0.738. The van der Waals surface area contributed by atoms with Crippen molar-refractivity contribution in [3.05, 3.63) is 59.3 Å². The van der Waals surface area contributed by atoms with Gasteiger partial charge in [-0.2, -0.15) is 0 Å². The molecule has 0 bridgehead atoms. The number of nitrogens with zero attached hydrogens (tertiary/aromatic N) is 3. The van der Waals surface area contributed by atoms with Crippen molar-refractivity contribution >= 4 is 17.0 Å². The summed E-state index contributed by atoms with van der Waals surface area (Å²) in [6, 6.07) is 10.2. The minimum Gasteiger partial charge on any atom is -0.375 e. The molecule has 0 amide bonds. The first-order chi connectivity index (χ1) is 9.83. The number of anilines is 1. The number of nitrogens with one attached hydrogen (secondary N) is 1. The third-order valence-corrected chi connectivity index (χ3v) is 3.90. The summed E-state index contributed by atoms with van der Waals surface area (Å²) in [4.78, 5) is 14.1. The van der Waals surface area contributed by atoms with E-state index < -0.39 is 0 Å². The first-order valence-corrected chi connectivity index (χ1v) is 7.23. The average molecular weight is 282 g/mol. The molecule has 3 aromatic rings. The van der Waals surface area contributed by atoms with Crippen molar-refractivity contribution in [3.63, 3.8) is 0 Å². The van der Waals surface area contributed by atoms with E-state index in [1.165, 1.54) is 4.88 Å². The van der Waals surface area contributed by atoms with Crippen LogP contribution in [0.1, 0.15) is 17.8 Å². The van der Waals surface area contributed by atoms with E-state index in [1.807, 2.05) is 54.4 Å². The molecule has 0 radical (unpaired) electrons. The van der Waals surface area contributed by atoms with Crippen LogP contribution in [0.25, 0.3) is 11.4 Å². The van der Waals surface area contributed by atoms with Gasteiger partial charge in [0.25, 0.3) is 0 Å².